The van der Waals surface area contributed by atoms with E-state index in [2.05, 4.69) is 42.4 Å². The number of carbonyl (C=O) groups is 1. The highest BCUT2D eigenvalue weighted by Crippen LogP contribution is 2.50. The van der Waals surface area contributed by atoms with Gasteiger partial charge in [-0.3, -0.25) is 9.78 Å². The van der Waals surface area contributed by atoms with E-state index in [1.807, 2.05) is 29.4 Å². The monoisotopic (exact) mass is 431 g/mol. The number of carbonyl (C=O) groups excluding carboxylic acids is 1. The number of nitrogens with zero attached hydrogens (tertiary/aromatic N) is 3. The number of fused-ring (bicyclic) bond motifs is 2. The van der Waals surface area contributed by atoms with Gasteiger partial charge in [0.2, 0.25) is 5.91 Å². The number of amides is 1. The Morgan fingerprint density at radius 3 is 2.52 bits per heavy atom. The molecular formula is C26H29N3OS. The largest absolute Gasteiger partial charge is 0.310 e. The molecule has 1 spiro atoms. The number of hydrogen-bond donors (Lipinski definition) is 0. The molecule has 2 aromatic heterocycles. The number of thiazole rings is 1. The van der Waals surface area contributed by atoms with Crippen LogP contribution in [0.1, 0.15) is 64.4 Å². The Bertz CT molecular complexity index is 1080. The molecule has 0 unspecified atom stereocenters. The van der Waals surface area contributed by atoms with Gasteiger partial charge in [0.05, 0.1) is 5.69 Å². The van der Waals surface area contributed by atoms with Crippen LogP contribution in [-0.4, -0.2) is 21.9 Å². The zero-order valence-corrected chi connectivity index (χ0v) is 19.1. The maximum Gasteiger partial charge on any atom is 0.227 e. The second-order valence-corrected chi connectivity index (χ2v) is 10.1. The van der Waals surface area contributed by atoms with Crippen LogP contribution in [-0.2, 0) is 10.2 Å². The van der Waals surface area contributed by atoms with Gasteiger partial charge in [0.25, 0.3) is 0 Å². The van der Waals surface area contributed by atoms with E-state index in [1.165, 1.54) is 37.7 Å². The summed E-state index contributed by atoms with van der Waals surface area (Å²) in [6.07, 6.45) is 11.4. The molecule has 5 heteroatoms. The maximum atomic E-state index is 13.1. The van der Waals surface area contributed by atoms with Gasteiger partial charge in [-0.15, -0.1) is 11.3 Å². The molecule has 0 N–H and O–H groups in total. The summed E-state index contributed by atoms with van der Waals surface area (Å²) in [5.41, 5.74) is 5.86. The lowest BCUT2D eigenvalue weighted by atomic mass is 9.66. The lowest BCUT2D eigenvalue weighted by Crippen LogP contribution is -2.36. The van der Waals surface area contributed by atoms with Crippen LogP contribution in [0, 0.1) is 0 Å². The van der Waals surface area contributed by atoms with E-state index < -0.39 is 0 Å². The number of aromatic nitrogens is 2. The molecule has 3 aromatic rings. The molecule has 0 atom stereocenters. The van der Waals surface area contributed by atoms with Gasteiger partial charge in [-0.2, -0.15) is 0 Å². The first-order valence-corrected chi connectivity index (χ1v) is 12.3. The lowest BCUT2D eigenvalue weighted by Gasteiger charge is -2.38. The third-order valence-corrected chi connectivity index (χ3v) is 7.86. The van der Waals surface area contributed by atoms with Crippen molar-refractivity contribution in [1.29, 1.82) is 0 Å². The minimum absolute atomic E-state index is 0.118. The van der Waals surface area contributed by atoms with Gasteiger partial charge in [-0.25, -0.2) is 4.98 Å². The van der Waals surface area contributed by atoms with Crippen molar-refractivity contribution in [3.05, 3.63) is 53.7 Å². The Labute approximate surface area is 188 Å². The fraction of sp³-hybridized carbons (Fsp3) is 0.423. The number of anilines is 1. The fourth-order valence-electron chi connectivity index (χ4n) is 5.41. The molecule has 0 radical (unpaired) electrons. The van der Waals surface area contributed by atoms with Crippen molar-refractivity contribution >= 4 is 22.9 Å². The van der Waals surface area contributed by atoms with Crippen molar-refractivity contribution in [2.24, 2.45) is 0 Å². The number of benzene rings is 1. The Morgan fingerprint density at radius 2 is 1.77 bits per heavy atom. The molecule has 1 aliphatic carbocycles. The van der Waals surface area contributed by atoms with Crippen LogP contribution < -0.4 is 4.90 Å². The quantitative estimate of drug-likeness (QED) is 0.469. The predicted octanol–water partition coefficient (Wildman–Crippen LogP) is 6.61. The first-order valence-electron chi connectivity index (χ1n) is 11.4. The van der Waals surface area contributed by atoms with Crippen molar-refractivity contribution in [3.63, 3.8) is 0 Å². The van der Waals surface area contributed by atoms with Gasteiger partial charge in [-0.1, -0.05) is 25.3 Å². The molecule has 1 aromatic carbocycles. The average molecular weight is 432 g/mol. The maximum absolute atomic E-state index is 13.1. The average Bonchev–Trinajstić information content (AvgIpc) is 3.25. The minimum atomic E-state index is 0.118. The van der Waals surface area contributed by atoms with E-state index in [0.717, 1.165) is 33.9 Å². The van der Waals surface area contributed by atoms with E-state index in [-0.39, 0.29) is 17.4 Å². The molecule has 1 fully saturated rings. The van der Waals surface area contributed by atoms with E-state index >= 15 is 0 Å². The topological polar surface area (TPSA) is 46.1 Å². The third kappa shape index (κ3) is 3.69. The zero-order chi connectivity index (χ0) is 21.4. The first-order chi connectivity index (χ1) is 15.1. The summed E-state index contributed by atoms with van der Waals surface area (Å²) in [6, 6.07) is 10.8. The second kappa shape index (κ2) is 8.19. The highest BCUT2D eigenvalue weighted by Gasteiger charge is 2.41. The predicted molar refractivity (Wildman–Crippen MR) is 127 cm³/mol. The molecule has 3 heterocycles. The summed E-state index contributed by atoms with van der Waals surface area (Å²) in [7, 11) is 0. The molecule has 2 aliphatic rings. The fourth-order valence-corrected chi connectivity index (χ4v) is 6.25. The minimum Gasteiger partial charge on any atom is -0.310 e. The number of pyridine rings is 1. The van der Waals surface area contributed by atoms with Gasteiger partial charge < -0.3 is 4.90 Å². The molecule has 31 heavy (non-hydrogen) atoms. The van der Waals surface area contributed by atoms with Crippen LogP contribution in [0.4, 0.5) is 5.69 Å². The van der Waals surface area contributed by atoms with Crippen LogP contribution in [0.2, 0.25) is 0 Å². The molecule has 0 saturated heterocycles. The van der Waals surface area contributed by atoms with Crippen LogP contribution in [0.3, 0.4) is 0 Å². The second-order valence-electron chi connectivity index (χ2n) is 9.20. The smallest absolute Gasteiger partial charge is 0.227 e. The Balaban J connectivity index is 1.61. The van der Waals surface area contributed by atoms with Crippen LogP contribution in [0.5, 0.6) is 0 Å². The zero-order valence-electron chi connectivity index (χ0n) is 18.3. The Kier molecular flexibility index (Phi) is 5.39. The summed E-state index contributed by atoms with van der Waals surface area (Å²) >= 11 is 1.67. The molecule has 5 rings (SSSR count). The summed E-state index contributed by atoms with van der Waals surface area (Å²) < 4.78 is 0. The summed E-state index contributed by atoms with van der Waals surface area (Å²) in [5.74, 6) is 0.264. The van der Waals surface area contributed by atoms with E-state index in [0.29, 0.717) is 6.42 Å². The first kappa shape index (κ1) is 20.4. The summed E-state index contributed by atoms with van der Waals surface area (Å²) in [6.45, 7) is 4.24. The standard InChI is InChI=1S/C26H29N3OS/c1-18(2)29-23-7-6-20(22-17-31-25(28-22)19-9-14-27-15-10-19)16-21(23)26(13-8-24(29)30)11-4-3-5-12-26/h6-7,9-10,14-18H,3-5,8,11-13H2,1-2H3. The normalized spacial score (nSPS) is 18.3. The molecular weight excluding hydrogens is 402 g/mol. The number of hydrogen-bond acceptors (Lipinski definition) is 4. The Morgan fingerprint density at radius 1 is 1.00 bits per heavy atom. The van der Waals surface area contributed by atoms with Gasteiger partial charge in [-0.05, 0) is 68.4 Å². The SMILES string of the molecule is CC(C)N1C(=O)CCC2(CCCCC2)c2cc(-c3csc(-c4ccncc4)n3)ccc21. The van der Waals surface area contributed by atoms with Gasteiger partial charge in [0.15, 0.2) is 0 Å². The van der Waals surface area contributed by atoms with Gasteiger partial charge in [0.1, 0.15) is 5.01 Å². The number of rotatable bonds is 3. The van der Waals surface area contributed by atoms with Crippen LogP contribution in [0.25, 0.3) is 21.8 Å². The molecule has 160 valence electrons. The highest BCUT2D eigenvalue weighted by atomic mass is 32.1. The van der Waals surface area contributed by atoms with E-state index in [4.69, 9.17) is 4.98 Å². The van der Waals surface area contributed by atoms with Gasteiger partial charge >= 0.3 is 0 Å². The molecule has 1 aliphatic heterocycles. The lowest BCUT2D eigenvalue weighted by molar-refractivity contribution is -0.119. The molecule has 0 bridgehead atoms. The van der Waals surface area contributed by atoms with Crippen molar-refractivity contribution in [2.45, 2.75) is 70.3 Å². The van der Waals surface area contributed by atoms with Crippen LogP contribution >= 0.6 is 11.3 Å². The third-order valence-electron chi connectivity index (χ3n) is 6.97. The van der Waals surface area contributed by atoms with Gasteiger partial charge in [0, 0.05) is 47.1 Å². The van der Waals surface area contributed by atoms with E-state index in [9.17, 15) is 4.79 Å². The van der Waals surface area contributed by atoms with Crippen molar-refractivity contribution in [2.75, 3.05) is 4.90 Å². The van der Waals surface area contributed by atoms with Crippen molar-refractivity contribution in [1.82, 2.24) is 9.97 Å². The van der Waals surface area contributed by atoms with Crippen molar-refractivity contribution in [3.8, 4) is 21.8 Å². The molecule has 1 saturated carbocycles. The van der Waals surface area contributed by atoms with E-state index in [1.54, 1.807) is 11.3 Å². The van der Waals surface area contributed by atoms with Crippen molar-refractivity contribution < 1.29 is 4.79 Å². The summed E-state index contributed by atoms with van der Waals surface area (Å²) in [5, 5.41) is 3.16. The van der Waals surface area contributed by atoms with Crippen LogP contribution in [0.15, 0.2) is 48.1 Å². The Hall–Kier alpha value is -2.53. The summed E-state index contributed by atoms with van der Waals surface area (Å²) in [4.78, 5) is 24.2. The molecule has 4 nitrogen and oxygen atoms in total. The highest BCUT2D eigenvalue weighted by molar-refractivity contribution is 7.13. The molecule has 1 amide bonds.